The SMILES string of the molecule is Clc1cc2nc(-c3ccccc3)nn2cn1. The van der Waals surface area contributed by atoms with Gasteiger partial charge in [-0.2, -0.15) is 0 Å². The highest BCUT2D eigenvalue weighted by atomic mass is 35.5. The third-order valence-corrected chi connectivity index (χ3v) is 2.43. The van der Waals surface area contributed by atoms with E-state index in [2.05, 4.69) is 15.1 Å². The molecule has 0 fully saturated rings. The Morgan fingerprint density at radius 1 is 1.12 bits per heavy atom. The van der Waals surface area contributed by atoms with Crippen LogP contribution in [0.1, 0.15) is 0 Å². The quantitative estimate of drug-likeness (QED) is 0.603. The van der Waals surface area contributed by atoms with Gasteiger partial charge < -0.3 is 0 Å². The van der Waals surface area contributed by atoms with Crippen LogP contribution in [-0.4, -0.2) is 19.6 Å². The van der Waals surface area contributed by atoms with Crippen LogP contribution in [-0.2, 0) is 0 Å². The highest BCUT2D eigenvalue weighted by molar-refractivity contribution is 6.29. The van der Waals surface area contributed by atoms with E-state index in [9.17, 15) is 0 Å². The van der Waals surface area contributed by atoms with Crippen molar-refractivity contribution in [3.05, 3.63) is 47.9 Å². The van der Waals surface area contributed by atoms with E-state index in [-0.39, 0.29) is 0 Å². The highest BCUT2D eigenvalue weighted by Crippen LogP contribution is 2.16. The number of benzene rings is 1. The van der Waals surface area contributed by atoms with Gasteiger partial charge >= 0.3 is 0 Å². The Kier molecular flexibility index (Phi) is 2.08. The smallest absolute Gasteiger partial charge is 0.182 e. The minimum atomic E-state index is 0.416. The van der Waals surface area contributed by atoms with Crippen molar-refractivity contribution < 1.29 is 0 Å². The number of nitrogens with zero attached hydrogens (tertiary/aromatic N) is 4. The zero-order valence-corrected chi connectivity index (χ0v) is 8.96. The Bertz CT molecular complexity index is 633. The molecule has 4 nitrogen and oxygen atoms in total. The van der Waals surface area contributed by atoms with Crippen LogP contribution in [0.15, 0.2) is 42.7 Å². The molecule has 1 aromatic carbocycles. The van der Waals surface area contributed by atoms with Crippen LogP contribution < -0.4 is 0 Å². The van der Waals surface area contributed by atoms with E-state index in [0.717, 1.165) is 5.56 Å². The second kappa shape index (κ2) is 3.57. The van der Waals surface area contributed by atoms with Gasteiger partial charge in [0.25, 0.3) is 0 Å². The molecule has 2 heterocycles. The Morgan fingerprint density at radius 3 is 2.75 bits per heavy atom. The van der Waals surface area contributed by atoms with Crippen LogP contribution in [0.2, 0.25) is 5.15 Å². The van der Waals surface area contributed by atoms with Crippen molar-refractivity contribution in [3.63, 3.8) is 0 Å². The first-order valence-electron chi connectivity index (χ1n) is 4.76. The predicted octanol–water partition coefficient (Wildman–Crippen LogP) is 2.44. The summed E-state index contributed by atoms with van der Waals surface area (Å²) >= 11 is 5.78. The van der Waals surface area contributed by atoms with E-state index >= 15 is 0 Å². The summed E-state index contributed by atoms with van der Waals surface area (Å²) in [4.78, 5) is 8.31. The van der Waals surface area contributed by atoms with Gasteiger partial charge in [-0.1, -0.05) is 41.9 Å². The van der Waals surface area contributed by atoms with Crippen molar-refractivity contribution in [2.24, 2.45) is 0 Å². The second-order valence-corrected chi connectivity index (χ2v) is 3.70. The first-order valence-corrected chi connectivity index (χ1v) is 5.14. The van der Waals surface area contributed by atoms with Gasteiger partial charge in [0.1, 0.15) is 11.5 Å². The minimum absolute atomic E-state index is 0.416. The monoisotopic (exact) mass is 230 g/mol. The molecule has 0 N–H and O–H groups in total. The second-order valence-electron chi connectivity index (χ2n) is 3.32. The van der Waals surface area contributed by atoms with Crippen molar-refractivity contribution >= 4 is 17.2 Å². The maximum atomic E-state index is 5.78. The van der Waals surface area contributed by atoms with E-state index in [0.29, 0.717) is 16.6 Å². The summed E-state index contributed by atoms with van der Waals surface area (Å²) in [7, 11) is 0. The van der Waals surface area contributed by atoms with Gasteiger partial charge in [-0.3, -0.25) is 0 Å². The normalized spacial score (nSPS) is 10.8. The van der Waals surface area contributed by atoms with Crippen molar-refractivity contribution in [1.29, 1.82) is 0 Å². The number of hydrogen-bond acceptors (Lipinski definition) is 3. The lowest BCUT2D eigenvalue weighted by Gasteiger charge is -1.91. The standard InChI is InChI=1S/C11H7ClN4/c12-9-6-10-14-11(15-16(10)7-13-9)8-4-2-1-3-5-8/h1-7H. The topological polar surface area (TPSA) is 43.1 Å². The van der Waals surface area contributed by atoms with E-state index in [1.807, 2.05) is 30.3 Å². The lowest BCUT2D eigenvalue weighted by Crippen LogP contribution is -1.88. The molecule has 0 saturated carbocycles. The summed E-state index contributed by atoms with van der Waals surface area (Å²) in [5, 5.41) is 4.72. The summed E-state index contributed by atoms with van der Waals surface area (Å²) in [5.41, 5.74) is 1.67. The molecule has 5 heteroatoms. The molecule has 2 aromatic heterocycles. The van der Waals surface area contributed by atoms with Gasteiger partial charge in [-0.05, 0) is 0 Å². The number of rotatable bonds is 1. The fraction of sp³-hybridized carbons (Fsp3) is 0. The molecule has 0 saturated heterocycles. The first-order chi connectivity index (χ1) is 7.83. The lowest BCUT2D eigenvalue weighted by atomic mass is 10.2. The van der Waals surface area contributed by atoms with E-state index in [1.165, 1.54) is 0 Å². The van der Waals surface area contributed by atoms with E-state index in [4.69, 9.17) is 11.6 Å². The zero-order chi connectivity index (χ0) is 11.0. The van der Waals surface area contributed by atoms with Crippen LogP contribution in [0, 0.1) is 0 Å². The molecule has 16 heavy (non-hydrogen) atoms. The summed E-state index contributed by atoms with van der Waals surface area (Å²) in [6, 6.07) is 11.5. The highest BCUT2D eigenvalue weighted by Gasteiger charge is 2.05. The molecular formula is C11H7ClN4. The fourth-order valence-corrected chi connectivity index (χ4v) is 1.62. The van der Waals surface area contributed by atoms with Crippen LogP contribution in [0.25, 0.3) is 17.0 Å². The molecule has 0 aliphatic carbocycles. The third-order valence-electron chi connectivity index (χ3n) is 2.23. The molecule has 0 spiro atoms. The van der Waals surface area contributed by atoms with Crippen LogP contribution in [0.3, 0.4) is 0 Å². The Labute approximate surface area is 96.5 Å². The molecule has 0 radical (unpaired) electrons. The zero-order valence-electron chi connectivity index (χ0n) is 8.21. The molecule has 0 atom stereocenters. The number of hydrogen-bond donors (Lipinski definition) is 0. The molecule has 0 amide bonds. The van der Waals surface area contributed by atoms with E-state index < -0.39 is 0 Å². The summed E-state index contributed by atoms with van der Waals surface area (Å²) < 4.78 is 1.61. The summed E-state index contributed by atoms with van der Waals surface area (Å²) in [6.45, 7) is 0. The van der Waals surface area contributed by atoms with Gasteiger partial charge in [0.2, 0.25) is 0 Å². The maximum absolute atomic E-state index is 5.78. The number of halogens is 1. The third kappa shape index (κ3) is 1.53. The first kappa shape index (κ1) is 9.30. The molecule has 3 aromatic rings. The molecule has 0 bridgehead atoms. The van der Waals surface area contributed by atoms with E-state index in [1.54, 1.807) is 16.9 Å². The number of fused-ring (bicyclic) bond motifs is 1. The average Bonchev–Trinajstić information content (AvgIpc) is 2.73. The van der Waals surface area contributed by atoms with Crippen LogP contribution >= 0.6 is 11.6 Å². The van der Waals surface area contributed by atoms with Gasteiger partial charge in [0.05, 0.1) is 0 Å². The molecule has 3 rings (SSSR count). The fourth-order valence-electron chi connectivity index (χ4n) is 1.48. The van der Waals surface area contributed by atoms with Gasteiger partial charge in [-0.15, -0.1) is 5.10 Å². The number of aromatic nitrogens is 4. The van der Waals surface area contributed by atoms with Crippen LogP contribution in [0.4, 0.5) is 0 Å². The maximum Gasteiger partial charge on any atom is 0.182 e. The Morgan fingerprint density at radius 2 is 1.94 bits per heavy atom. The lowest BCUT2D eigenvalue weighted by molar-refractivity contribution is 0.925. The predicted molar refractivity (Wildman–Crippen MR) is 61.2 cm³/mol. The van der Waals surface area contributed by atoms with Gasteiger partial charge in [-0.25, -0.2) is 14.5 Å². The largest absolute Gasteiger partial charge is 0.224 e. The average molecular weight is 231 g/mol. The summed E-state index contributed by atoms with van der Waals surface area (Å²) in [6.07, 6.45) is 1.55. The van der Waals surface area contributed by atoms with Crippen molar-refractivity contribution in [2.45, 2.75) is 0 Å². The molecule has 78 valence electrons. The molecule has 0 aliphatic rings. The molecular weight excluding hydrogens is 224 g/mol. The van der Waals surface area contributed by atoms with Crippen molar-refractivity contribution in [3.8, 4) is 11.4 Å². The minimum Gasteiger partial charge on any atom is -0.224 e. The van der Waals surface area contributed by atoms with Gasteiger partial charge in [0, 0.05) is 11.6 Å². The van der Waals surface area contributed by atoms with Crippen molar-refractivity contribution in [1.82, 2.24) is 19.6 Å². The van der Waals surface area contributed by atoms with Gasteiger partial charge in [0.15, 0.2) is 11.5 Å². The van der Waals surface area contributed by atoms with Crippen molar-refractivity contribution in [2.75, 3.05) is 0 Å². The molecule has 0 aliphatic heterocycles. The molecule has 0 unspecified atom stereocenters. The Hall–Kier alpha value is -1.94. The van der Waals surface area contributed by atoms with Crippen LogP contribution in [0.5, 0.6) is 0 Å². The Balaban J connectivity index is 2.19. The summed E-state index contributed by atoms with van der Waals surface area (Å²) in [5.74, 6) is 0.671.